The summed E-state index contributed by atoms with van der Waals surface area (Å²) in [5.74, 6) is 0.875. The van der Waals surface area contributed by atoms with Crippen LogP contribution in [0, 0.1) is 0 Å². The van der Waals surface area contributed by atoms with E-state index in [-0.39, 0.29) is 6.23 Å². The largest absolute Gasteiger partial charge is 0.355 e. The van der Waals surface area contributed by atoms with E-state index in [9.17, 15) is 0 Å². The van der Waals surface area contributed by atoms with Crippen molar-refractivity contribution in [1.82, 2.24) is 14.9 Å². The Bertz CT molecular complexity index is 221. The Labute approximate surface area is 78.9 Å². The van der Waals surface area contributed by atoms with Crippen LogP contribution in [0.1, 0.15) is 19.2 Å². The summed E-state index contributed by atoms with van der Waals surface area (Å²) in [6.07, 6.45) is 4.68. The van der Waals surface area contributed by atoms with Gasteiger partial charge in [-0.3, -0.25) is 4.90 Å². The highest BCUT2D eigenvalue weighted by molar-refractivity contribution is 4.84. The third-order valence-corrected chi connectivity index (χ3v) is 1.89. The molecule has 0 amide bonds. The third-order valence-electron chi connectivity index (χ3n) is 1.89. The van der Waals surface area contributed by atoms with Gasteiger partial charge in [-0.25, -0.2) is 4.98 Å². The van der Waals surface area contributed by atoms with Gasteiger partial charge < -0.3 is 9.72 Å². The Morgan fingerprint density at radius 3 is 2.85 bits per heavy atom. The average molecular weight is 183 g/mol. The van der Waals surface area contributed by atoms with Crippen LogP contribution in [0.5, 0.6) is 0 Å². The van der Waals surface area contributed by atoms with E-state index in [0.29, 0.717) is 6.61 Å². The minimum Gasteiger partial charge on any atom is -0.355 e. The molecule has 0 aromatic carbocycles. The van der Waals surface area contributed by atoms with Crippen LogP contribution in [-0.2, 0) is 11.3 Å². The maximum absolute atomic E-state index is 5.63. The lowest BCUT2D eigenvalue weighted by Gasteiger charge is -2.22. The minimum absolute atomic E-state index is 0.171. The van der Waals surface area contributed by atoms with E-state index < -0.39 is 0 Å². The number of aromatic nitrogens is 2. The van der Waals surface area contributed by atoms with Gasteiger partial charge in [-0.05, 0) is 20.5 Å². The van der Waals surface area contributed by atoms with Gasteiger partial charge in [0.2, 0.25) is 0 Å². The number of ether oxygens (including phenoxy) is 1. The molecule has 1 aromatic rings. The van der Waals surface area contributed by atoms with Gasteiger partial charge in [0.05, 0.1) is 0 Å². The molecule has 1 atom stereocenters. The van der Waals surface area contributed by atoms with Crippen LogP contribution < -0.4 is 0 Å². The zero-order chi connectivity index (χ0) is 9.68. The molecule has 74 valence electrons. The molecule has 0 aliphatic heterocycles. The Kier molecular flexibility index (Phi) is 3.92. The molecule has 1 unspecified atom stereocenters. The third kappa shape index (κ3) is 3.16. The molecule has 4 heteroatoms. The first-order chi connectivity index (χ1) is 6.24. The van der Waals surface area contributed by atoms with E-state index in [1.807, 2.05) is 14.1 Å². The summed E-state index contributed by atoms with van der Waals surface area (Å²) in [7, 11) is 4.02. The van der Waals surface area contributed by atoms with Gasteiger partial charge in [-0.2, -0.15) is 0 Å². The second-order valence-corrected chi connectivity index (χ2v) is 3.17. The fraction of sp³-hybridized carbons (Fsp3) is 0.667. The van der Waals surface area contributed by atoms with Crippen LogP contribution in [-0.4, -0.2) is 35.2 Å². The number of nitrogens with zero attached hydrogens (tertiary/aromatic N) is 2. The van der Waals surface area contributed by atoms with E-state index in [0.717, 1.165) is 12.2 Å². The van der Waals surface area contributed by atoms with Crippen LogP contribution in [0.25, 0.3) is 0 Å². The number of nitrogens with one attached hydrogen (secondary N) is 1. The number of imidazole rings is 1. The Morgan fingerprint density at radius 2 is 2.38 bits per heavy atom. The van der Waals surface area contributed by atoms with Crippen molar-refractivity contribution in [2.24, 2.45) is 0 Å². The summed E-state index contributed by atoms with van der Waals surface area (Å²) in [6, 6.07) is 0. The molecule has 0 spiro atoms. The van der Waals surface area contributed by atoms with Crippen molar-refractivity contribution in [3.63, 3.8) is 0 Å². The van der Waals surface area contributed by atoms with E-state index in [4.69, 9.17) is 4.74 Å². The molecule has 0 aliphatic rings. The lowest BCUT2D eigenvalue weighted by Crippen LogP contribution is -2.29. The van der Waals surface area contributed by atoms with E-state index >= 15 is 0 Å². The molecule has 1 heterocycles. The normalized spacial score (nSPS) is 13.5. The zero-order valence-corrected chi connectivity index (χ0v) is 8.45. The average Bonchev–Trinajstić information content (AvgIpc) is 2.57. The molecule has 0 saturated heterocycles. The van der Waals surface area contributed by atoms with Crippen LogP contribution in [0.15, 0.2) is 12.4 Å². The van der Waals surface area contributed by atoms with Gasteiger partial charge >= 0.3 is 0 Å². The van der Waals surface area contributed by atoms with Gasteiger partial charge in [0, 0.05) is 12.4 Å². The van der Waals surface area contributed by atoms with Crippen LogP contribution in [0.3, 0.4) is 0 Å². The summed E-state index contributed by atoms with van der Waals surface area (Å²) in [5.41, 5.74) is 0. The minimum atomic E-state index is 0.171. The molecule has 0 saturated carbocycles. The maximum Gasteiger partial charge on any atom is 0.132 e. The summed E-state index contributed by atoms with van der Waals surface area (Å²) in [6.45, 7) is 2.65. The number of aromatic amines is 1. The molecule has 0 bridgehead atoms. The summed E-state index contributed by atoms with van der Waals surface area (Å²) >= 11 is 0. The summed E-state index contributed by atoms with van der Waals surface area (Å²) < 4.78 is 5.63. The molecule has 0 fully saturated rings. The SMILES string of the molecule is CCC(OCc1ncc[nH]1)N(C)C. The highest BCUT2D eigenvalue weighted by Crippen LogP contribution is 2.03. The van der Waals surface area contributed by atoms with Crippen molar-refractivity contribution >= 4 is 0 Å². The van der Waals surface area contributed by atoms with Crippen LogP contribution in [0.4, 0.5) is 0 Å². The van der Waals surface area contributed by atoms with Gasteiger partial charge in [0.25, 0.3) is 0 Å². The van der Waals surface area contributed by atoms with Gasteiger partial charge in [0.15, 0.2) is 0 Å². The number of rotatable bonds is 5. The molecular formula is C9H17N3O. The lowest BCUT2D eigenvalue weighted by molar-refractivity contribution is -0.0499. The summed E-state index contributed by atoms with van der Waals surface area (Å²) in [5, 5.41) is 0. The lowest BCUT2D eigenvalue weighted by atomic mass is 10.4. The Balaban J connectivity index is 2.32. The number of H-pyrrole nitrogens is 1. The van der Waals surface area contributed by atoms with Crippen molar-refractivity contribution in [1.29, 1.82) is 0 Å². The first-order valence-electron chi connectivity index (χ1n) is 4.50. The predicted octanol–water partition coefficient (Wildman–Crippen LogP) is 1.22. The van der Waals surface area contributed by atoms with Crippen molar-refractivity contribution in [2.75, 3.05) is 14.1 Å². The van der Waals surface area contributed by atoms with Crippen molar-refractivity contribution in [3.05, 3.63) is 18.2 Å². The first kappa shape index (κ1) is 10.2. The molecule has 1 aromatic heterocycles. The standard InChI is InChI=1S/C9H17N3O/c1-4-9(12(2)3)13-7-8-10-5-6-11-8/h5-6,9H,4,7H2,1-3H3,(H,10,11). The second-order valence-electron chi connectivity index (χ2n) is 3.17. The van der Waals surface area contributed by atoms with Crippen molar-refractivity contribution in [3.8, 4) is 0 Å². The molecule has 13 heavy (non-hydrogen) atoms. The van der Waals surface area contributed by atoms with E-state index in [1.54, 1.807) is 12.4 Å². The predicted molar refractivity (Wildman–Crippen MR) is 51.1 cm³/mol. The van der Waals surface area contributed by atoms with Crippen molar-refractivity contribution in [2.45, 2.75) is 26.2 Å². The quantitative estimate of drug-likeness (QED) is 0.698. The van der Waals surface area contributed by atoms with Crippen LogP contribution in [0.2, 0.25) is 0 Å². The topological polar surface area (TPSA) is 41.1 Å². The Hall–Kier alpha value is -0.870. The summed E-state index contributed by atoms with van der Waals surface area (Å²) in [4.78, 5) is 9.14. The number of hydrogen-bond acceptors (Lipinski definition) is 3. The first-order valence-corrected chi connectivity index (χ1v) is 4.50. The van der Waals surface area contributed by atoms with E-state index in [2.05, 4.69) is 21.8 Å². The fourth-order valence-corrected chi connectivity index (χ4v) is 1.18. The second kappa shape index (κ2) is 4.99. The van der Waals surface area contributed by atoms with E-state index in [1.165, 1.54) is 0 Å². The molecular weight excluding hydrogens is 166 g/mol. The molecule has 4 nitrogen and oxygen atoms in total. The van der Waals surface area contributed by atoms with Gasteiger partial charge in [-0.15, -0.1) is 0 Å². The number of hydrogen-bond donors (Lipinski definition) is 1. The van der Waals surface area contributed by atoms with Crippen molar-refractivity contribution < 1.29 is 4.74 Å². The maximum atomic E-state index is 5.63. The smallest absolute Gasteiger partial charge is 0.132 e. The van der Waals surface area contributed by atoms with Gasteiger partial charge in [0.1, 0.15) is 18.7 Å². The molecule has 0 radical (unpaired) electrons. The zero-order valence-electron chi connectivity index (χ0n) is 8.45. The molecule has 0 aliphatic carbocycles. The van der Waals surface area contributed by atoms with Gasteiger partial charge in [-0.1, -0.05) is 6.92 Å². The highest BCUT2D eigenvalue weighted by atomic mass is 16.5. The monoisotopic (exact) mass is 183 g/mol. The molecule has 1 N–H and O–H groups in total. The fourth-order valence-electron chi connectivity index (χ4n) is 1.18. The van der Waals surface area contributed by atoms with Crippen LogP contribution >= 0.6 is 0 Å². The highest BCUT2D eigenvalue weighted by Gasteiger charge is 2.08. The molecule has 1 rings (SSSR count). The Morgan fingerprint density at radius 1 is 1.62 bits per heavy atom.